The minimum Gasteiger partial charge on any atom is -0.348 e. The fourth-order valence-electron chi connectivity index (χ4n) is 2.24. The van der Waals surface area contributed by atoms with Crippen molar-refractivity contribution >= 4 is 5.95 Å². The van der Waals surface area contributed by atoms with Crippen molar-refractivity contribution in [2.24, 2.45) is 7.05 Å². The predicted octanol–water partition coefficient (Wildman–Crippen LogP) is 2.21. The molecule has 5 heteroatoms. The summed E-state index contributed by atoms with van der Waals surface area (Å²) in [5.41, 5.74) is 3.00. The van der Waals surface area contributed by atoms with Gasteiger partial charge in [0.15, 0.2) is 0 Å². The Kier molecular flexibility index (Phi) is 4.61. The van der Waals surface area contributed by atoms with Crippen molar-refractivity contribution in [3.05, 3.63) is 47.3 Å². The molecular formula is C16H21N5. The van der Waals surface area contributed by atoms with Gasteiger partial charge in [-0.2, -0.15) is 5.26 Å². The van der Waals surface area contributed by atoms with Crippen LogP contribution in [-0.2, 0) is 13.6 Å². The molecule has 0 saturated heterocycles. The third-order valence-corrected chi connectivity index (χ3v) is 3.59. The molecule has 0 saturated carbocycles. The molecule has 2 rings (SSSR count). The summed E-state index contributed by atoms with van der Waals surface area (Å²) < 4.78 is 2.08. The van der Waals surface area contributed by atoms with Gasteiger partial charge in [-0.05, 0) is 24.6 Å². The fourth-order valence-corrected chi connectivity index (χ4v) is 2.24. The predicted molar refractivity (Wildman–Crippen MR) is 83.9 cm³/mol. The van der Waals surface area contributed by atoms with Gasteiger partial charge in [0.05, 0.1) is 23.5 Å². The molecule has 1 aromatic carbocycles. The third-order valence-electron chi connectivity index (χ3n) is 3.59. The van der Waals surface area contributed by atoms with E-state index in [-0.39, 0.29) is 6.04 Å². The summed E-state index contributed by atoms with van der Waals surface area (Å²) in [5.74, 6) is 0.942. The summed E-state index contributed by atoms with van der Waals surface area (Å²) in [5, 5.41) is 12.3. The SMILES string of the molecule is CC(NCc1cnc(N(C)C)n1C)c1ccc(C#N)cc1. The van der Waals surface area contributed by atoms with Crippen molar-refractivity contribution < 1.29 is 0 Å². The first-order chi connectivity index (χ1) is 10.0. The van der Waals surface area contributed by atoms with Crippen LogP contribution in [0.2, 0.25) is 0 Å². The Morgan fingerprint density at radius 1 is 1.33 bits per heavy atom. The van der Waals surface area contributed by atoms with Crippen LogP contribution in [0.25, 0.3) is 0 Å². The third kappa shape index (κ3) is 3.41. The zero-order chi connectivity index (χ0) is 15.4. The van der Waals surface area contributed by atoms with Crippen LogP contribution in [0.5, 0.6) is 0 Å². The highest BCUT2D eigenvalue weighted by Gasteiger charge is 2.10. The van der Waals surface area contributed by atoms with Gasteiger partial charge >= 0.3 is 0 Å². The molecule has 2 aromatic rings. The van der Waals surface area contributed by atoms with Crippen LogP contribution in [0.15, 0.2) is 30.5 Å². The number of nitriles is 1. The summed E-state index contributed by atoms with van der Waals surface area (Å²) in [6, 6.07) is 10.0. The number of hydrogen-bond acceptors (Lipinski definition) is 4. The normalized spacial score (nSPS) is 12.0. The highest BCUT2D eigenvalue weighted by atomic mass is 15.3. The number of benzene rings is 1. The Balaban J connectivity index is 2.00. The van der Waals surface area contributed by atoms with Gasteiger partial charge in [-0.15, -0.1) is 0 Å². The molecular weight excluding hydrogens is 262 g/mol. The van der Waals surface area contributed by atoms with Gasteiger partial charge < -0.3 is 14.8 Å². The number of nitrogens with zero attached hydrogens (tertiary/aromatic N) is 4. The van der Waals surface area contributed by atoms with E-state index in [1.54, 1.807) is 0 Å². The zero-order valence-electron chi connectivity index (χ0n) is 13.0. The molecule has 0 spiro atoms. The van der Waals surface area contributed by atoms with Gasteiger partial charge in [0.1, 0.15) is 0 Å². The molecule has 0 bridgehead atoms. The topological polar surface area (TPSA) is 56.9 Å². The van der Waals surface area contributed by atoms with E-state index in [9.17, 15) is 0 Å². The number of hydrogen-bond donors (Lipinski definition) is 1. The van der Waals surface area contributed by atoms with E-state index in [4.69, 9.17) is 5.26 Å². The van der Waals surface area contributed by atoms with Crippen LogP contribution < -0.4 is 10.2 Å². The lowest BCUT2D eigenvalue weighted by atomic mass is 10.1. The number of anilines is 1. The molecule has 1 aromatic heterocycles. The Bertz CT molecular complexity index is 634. The van der Waals surface area contributed by atoms with Gasteiger partial charge in [0.25, 0.3) is 0 Å². The van der Waals surface area contributed by atoms with Crippen LogP contribution >= 0.6 is 0 Å². The van der Waals surface area contributed by atoms with Gasteiger partial charge in [-0.3, -0.25) is 0 Å². The van der Waals surface area contributed by atoms with E-state index in [1.807, 2.05) is 56.5 Å². The summed E-state index contributed by atoms with van der Waals surface area (Å²) >= 11 is 0. The van der Waals surface area contributed by atoms with E-state index in [0.29, 0.717) is 5.56 Å². The summed E-state index contributed by atoms with van der Waals surface area (Å²) in [7, 11) is 5.99. The van der Waals surface area contributed by atoms with E-state index < -0.39 is 0 Å². The maximum atomic E-state index is 8.82. The molecule has 110 valence electrons. The first kappa shape index (κ1) is 15.1. The van der Waals surface area contributed by atoms with Crippen LogP contribution in [0.1, 0.15) is 29.8 Å². The smallest absolute Gasteiger partial charge is 0.204 e. The molecule has 0 radical (unpaired) electrons. The Labute approximate surface area is 125 Å². The molecule has 5 nitrogen and oxygen atoms in total. The first-order valence-corrected chi connectivity index (χ1v) is 6.94. The lowest BCUT2D eigenvalue weighted by Gasteiger charge is -2.16. The molecule has 0 aliphatic rings. The molecule has 0 fully saturated rings. The monoisotopic (exact) mass is 283 g/mol. The van der Waals surface area contributed by atoms with E-state index in [0.717, 1.165) is 18.2 Å². The van der Waals surface area contributed by atoms with Crippen molar-refractivity contribution in [3.63, 3.8) is 0 Å². The average Bonchev–Trinajstić information content (AvgIpc) is 2.86. The van der Waals surface area contributed by atoms with Crippen molar-refractivity contribution in [3.8, 4) is 6.07 Å². The van der Waals surface area contributed by atoms with Crippen molar-refractivity contribution in [2.75, 3.05) is 19.0 Å². The average molecular weight is 283 g/mol. The lowest BCUT2D eigenvalue weighted by Crippen LogP contribution is -2.20. The van der Waals surface area contributed by atoms with Crippen LogP contribution in [0.3, 0.4) is 0 Å². The Morgan fingerprint density at radius 3 is 2.52 bits per heavy atom. The summed E-state index contributed by atoms with van der Waals surface area (Å²) in [6.07, 6.45) is 1.90. The molecule has 0 amide bonds. The quantitative estimate of drug-likeness (QED) is 0.914. The minimum atomic E-state index is 0.218. The number of imidazole rings is 1. The maximum absolute atomic E-state index is 8.82. The number of nitrogens with one attached hydrogen (secondary N) is 1. The molecule has 1 N–H and O–H groups in total. The van der Waals surface area contributed by atoms with Crippen LogP contribution in [0.4, 0.5) is 5.95 Å². The second kappa shape index (κ2) is 6.42. The second-order valence-corrected chi connectivity index (χ2v) is 5.34. The molecule has 1 unspecified atom stereocenters. The van der Waals surface area contributed by atoms with Crippen molar-refractivity contribution in [1.82, 2.24) is 14.9 Å². The highest BCUT2D eigenvalue weighted by Crippen LogP contribution is 2.15. The summed E-state index contributed by atoms with van der Waals surface area (Å²) in [6.45, 7) is 2.86. The zero-order valence-corrected chi connectivity index (χ0v) is 13.0. The van der Waals surface area contributed by atoms with Crippen LogP contribution in [0, 0.1) is 11.3 Å². The number of aromatic nitrogens is 2. The lowest BCUT2D eigenvalue weighted by molar-refractivity contribution is 0.558. The number of rotatable bonds is 5. The maximum Gasteiger partial charge on any atom is 0.204 e. The molecule has 1 heterocycles. The van der Waals surface area contributed by atoms with Crippen molar-refractivity contribution in [2.45, 2.75) is 19.5 Å². The highest BCUT2D eigenvalue weighted by molar-refractivity contribution is 5.33. The van der Waals surface area contributed by atoms with E-state index in [2.05, 4.69) is 27.9 Å². The Morgan fingerprint density at radius 2 is 2.00 bits per heavy atom. The van der Waals surface area contributed by atoms with E-state index >= 15 is 0 Å². The van der Waals surface area contributed by atoms with Gasteiger partial charge in [0.2, 0.25) is 5.95 Å². The largest absolute Gasteiger partial charge is 0.348 e. The Hall–Kier alpha value is -2.32. The van der Waals surface area contributed by atoms with Crippen molar-refractivity contribution in [1.29, 1.82) is 5.26 Å². The van der Waals surface area contributed by atoms with Crippen LogP contribution in [-0.4, -0.2) is 23.6 Å². The minimum absolute atomic E-state index is 0.218. The summed E-state index contributed by atoms with van der Waals surface area (Å²) in [4.78, 5) is 6.40. The standard InChI is InChI=1S/C16H21N5/c1-12(14-7-5-13(9-17)6-8-14)18-10-15-11-19-16(20(2)3)21(15)4/h5-8,11-12,18H,10H2,1-4H3. The molecule has 21 heavy (non-hydrogen) atoms. The van der Waals surface area contributed by atoms with E-state index in [1.165, 1.54) is 5.56 Å². The van der Waals surface area contributed by atoms with Gasteiger partial charge in [-0.1, -0.05) is 12.1 Å². The first-order valence-electron chi connectivity index (χ1n) is 6.94. The fraction of sp³-hybridized carbons (Fsp3) is 0.375. The second-order valence-electron chi connectivity index (χ2n) is 5.34. The molecule has 0 aliphatic heterocycles. The molecule has 0 aliphatic carbocycles. The van der Waals surface area contributed by atoms with Gasteiger partial charge in [-0.25, -0.2) is 4.98 Å². The molecule has 1 atom stereocenters. The van der Waals surface area contributed by atoms with Gasteiger partial charge in [0, 0.05) is 33.7 Å².